The van der Waals surface area contributed by atoms with E-state index in [-0.39, 0.29) is 5.91 Å². The molecule has 1 amide bonds. The van der Waals surface area contributed by atoms with Crippen LogP contribution in [0.1, 0.15) is 27.0 Å². The van der Waals surface area contributed by atoms with Crippen LogP contribution in [0.3, 0.4) is 0 Å². The Hall–Kier alpha value is -3.18. The minimum Gasteiger partial charge on any atom is -0.397 e. The molecule has 1 aromatic heterocycles. The third kappa shape index (κ3) is 4.83. The number of anilines is 2. The molecule has 0 spiro atoms. The van der Waals surface area contributed by atoms with E-state index in [1.54, 1.807) is 41.7 Å². The van der Waals surface area contributed by atoms with Crippen LogP contribution in [-0.2, 0) is 11.0 Å². The number of carbonyl (C=O) groups excluding carboxylic acids is 1. The van der Waals surface area contributed by atoms with E-state index in [9.17, 15) is 14.3 Å². The zero-order valence-electron chi connectivity index (χ0n) is 17.5. The highest BCUT2D eigenvalue weighted by Crippen LogP contribution is 2.30. The van der Waals surface area contributed by atoms with Crippen molar-refractivity contribution >= 4 is 42.0 Å². The molecule has 3 aromatic carbocycles. The van der Waals surface area contributed by atoms with Gasteiger partial charge in [0.1, 0.15) is 0 Å². The monoisotopic (exact) mass is 462 g/mol. The first-order valence-corrected chi connectivity index (χ1v) is 12.3. The Balaban J connectivity index is 1.58. The average molecular weight is 463 g/mol. The van der Waals surface area contributed by atoms with Gasteiger partial charge in [0.15, 0.2) is 0 Å². The van der Waals surface area contributed by atoms with E-state index in [1.807, 2.05) is 54.8 Å². The van der Waals surface area contributed by atoms with Gasteiger partial charge in [-0.25, -0.2) is 0 Å². The Labute approximate surface area is 191 Å². The minimum atomic E-state index is -2.82. The van der Waals surface area contributed by atoms with Crippen molar-refractivity contribution in [3.8, 4) is 10.4 Å². The van der Waals surface area contributed by atoms with Crippen LogP contribution in [0.2, 0.25) is 0 Å². The summed E-state index contributed by atoms with van der Waals surface area (Å²) in [6.07, 6.45) is 0.468. The fraction of sp³-hybridized carbons (Fsp3) is 0.0800. The highest BCUT2D eigenvalue weighted by Gasteiger charge is 2.13. The van der Waals surface area contributed by atoms with E-state index in [0.29, 0.717) is 28.7 Å². The van der Waals surface area contributed by atoms with Gasteiger partial charge in [-0.15, -0.1) is 11.3 Å². The van der Waals surface area contributed by atoms with E-state index >= 15 is 0 Å². The quantitative estimate of drug-likeness (QED) is 0.270. The molecule has 4 aromatic rings. The van der Waals surface area contributed by atoms with Crippen molar-refractivity contribution in [1.82, 2.24) is 0 Å². The first-order valence-electron chi connectivity index (χ1n) is 10.1. The Kier molecular flexibility index (Phi) is 6.56. The standard InChI is InChI=1S/C25H23N2O3PS/c1-16-5-2-8-23(31(29)30)20(16)14-17-6-3-7-19(13-17)25(28)27-22-15-18(10-11-21(22)26)24-9-4-12-32-24/h2-13,15,31H,14,26H2,1H3,(H,27,28)(H,29,30). The lowest BCUT2D eigenvalue weighted by molar-refractivity contribution is 0.102. The summed E-state index contributed by atoms with van der Waals surface area (Å²) in [7, 11) is -2.82. The molecule has 4 N–H and O–H groups in total. The van der Waals surface area contributed by atoms with Gasteiger partial charge in [-0.05, 0) is 77.4 Å². The van der Waals surface area contributed by atoms with Gasteiger partial charge in [0.25, 0.3) is 5.91 Å². The Morgan fingerprint density at radius 1 is 1.06 bits per heavy atom. The molecule has 0 aliphatic carbocycles. The average Bonchev–Trinajstić information content (AvgIpc) is 3.31. The predicted octanol–water partition coefficient (Wildman–Crippen LogP) is 5.24. The molecule has 7 heteroatoms. The molecule has 1 heterocycles. The second-order valence-electron chi connectivity index (χ2n) is 7.52. The molecule has 0 aliphatic heterocycles. The van der Waals surface area contributed by atoms with Crippen LogP contribution in [0.5, 0.6) is 0 Å². The number of nitrogens with two attached hydrogens (primary N) is 1. The summed E-state index contributed by atoms with van der Waals surface area (Å²) in [5.74, 6) is -0.261. The van der Waals surface area contributed by atoms with E-state index in [0.717, 1.165) is 27.1 Å². The van der Waals surface area contributed by atoms with Gasteiger partial charge in [0.05, 0.1) is 11.4 Å². The first kappa shape index (κ1) is 22.0. The maximum atomic E-state index is 13.0. The smallest absolute Gasteiger partial charge is 0.255 e. The molecule has 0 saturated carbocycles. The summed E-state index contributed by atoms with van der Waals surface area (Å²) in [4.78, 5) is 23.8. The van der Waals surface area contributed by atoms with Crippen molar-refractivity contribution in [3.63, 3.8) is 0 Å². The number of hydrogen-bond donors (Lipinski definition) is 3. The van der Waals surface area contributed by atoms with Crippen molar-refractivity contribution in [2.75, 3.05) is 11.1 Å². The summed E-state index contributed by atoms with van der Waals surface area (Å²) in [6.45, 7) is 1.92. The number of rotatable bonds is 6. The van der Waals surface area contributed by atoms with E-state index in [4.69, 9.17) is 5.73 Å². The lowest BCUT2D eigenvalue weighted by Crippen LogP contribution is -2.14. The second-order valence-corrected chi connectivity index (χ2v) is 9.61. The van der Waals surface area contributed by atoms with Crippen LogP contribution in [0, 0.1) is 6.92 Å². The number of nitrogens with one attached hydrogen (secondary N) is 1. The second kappa shape index (κ2) is 9.53. The number of amides is 1. The highest BCUT2D eigenvalue weighted by atomic mass is 32.1. The Bertz CT molecular complexity index is 1300. The molecule has 32 heavy (non-hydrogen) atoms. The molecule has 1 unspecified atom stereocenters. The van der Waals surface area contributed by atoms with Gasteiger partial charge in [-0.2, -0.15) is 0 Å². The molecule has 5 nitrogen and oxygen atoms in total. The maximum Gasteiger partial charge on any atom is 0.255 e. The van der Waals surface area contributed by atoms with Crippen LogP contribution in [0.4, 0.5) is 11.4 Å². The number of carbonyl (C=O) groups is 1. The van der Waals surface area contributed by atoms with Crippen molar-refractivity contribution in [2.24, 2.45) is 0 Å². The van der Waals surface area contributed by atoms with Gasteiger partial charge in [-0.3, -0.25) is 9.36 Å². The molecule has 0 radical (unpaired) electrons. The number of benzene rings is 3. The summed E-state index contributed by atoms with van der Waals surface area (Å²) in [6, 6.07) is 22.3. The van der Waals surface area contributed by atoms with Crippen LogP contribution in [0.15, 0.2) is 78.2 Å². The largest absolute Gasteiger partial charge is 0.397 e. The lowest BCUT2D eigenvalue weighted by Gasteiger charge is -2.13. The van der Waals surface area contributed by atoms with Crippen molar-refractivity contribution in [1.29, 1.82) is 0 Å². The minimum absolute atomic E-state index is 0.261. The van der Waals surface area contributed by atoms with Crippen LogP contribution in [-0.4, -0.2) is 10.8 Å². The molecular formula is C25H23N2O3PS. The van der Waals surface area contributed by atoms with Gasteiger partial charge < -0.3 is 15.9 Å². The molecule has 0 aliphatic rings. The number of aryl methyl sites for hydroxylation is 1. The van der Waals surface area contributed by atoms with Crippen LogP contribution >= 0.6 is 19.4 Å². The topological polar surface area (TPSA) is 92.4 Å². The van der Waals surface area contributed by atoms with E-state index in [2.05, 4.69) is 5.32 Å². The van der Waals surface area contributed by atoms with Crippen LogP contribution in [0.25, 0.3) is 10.4 Å². The van der Waals surface area contributed by atoms with Gasteiger partial charge >= 0.3 is 0 Å². The maximum absolute atomic E-state index is 13.0. The van der Waals surface area contributed by atoms with Gasteiger partial charge in [0, 0.05) is 15.7 Å². The highest BCUT2D eigenvalue weighted by molar-refractivity contribution is 7.47. The van der Waals surface area contributed by atoms with Crippen molar-refractivity contribution in [2.45, 2.75) is 13.3 Å². The number of thiophene rings is 1. The first-order chi connectivity index (χ1) is 15.4. The zero-order valence-corrected chi connectivity index (χ0v) is 19.3. The fourth-order valence-electron chi connectivity index (χ4n) is 3.62. The third-order valence-corrected chi connectivity index (χ3v) is 7.17. The number of hydrogen-bond acceptors (Lipinski definition) is 4. The van der Waals surface area contributed by atoms with E-state index < -0.39 is 8.03 Å². The normalized spacial score (nSPS) is 11.8. The molecule has 0 saturated heterocycles. The molecule has 162 valence electrons. The fourth-order valence-corrected chi connectivity index (χ4v) is 5.13. The Morgan fingerprint density at radius 3 is 2.62 bits per heavy atom. The summed E-state index contributed by atoms with van der Waals surface area (Å²) in [5.41, 5.74) is 11.3. The van der Waals surface area contributed by atoms with Gasteiger partial charge in [0.2, 0.25) is 8.03 Å². The summed E-state index contributed by atoms with van der Waals surface area (Å²) < 4.78 is 11.8. The Morgan fingerprint density at radius 2 is 1.88 bits per heavy atom. The summed E-state index contributed by atoms with van der Waals surface area (Å²) in [5, 5.41) is 5.38. The van der Waals surface area contributed by atoms with Gasteiger partial charge in [-0.1, -0.05) is 36.4 Å². The summed E-state index contributed by atoms with van der Waals surface area (Å²) >= 11 is 1.62. The lowest BCUT2D eigenvalue weighted by atomic mass is 9.99. The van der Waals surface area contributed by atoms with Crippen molar-refractivity contribution in [3.05, 3.63) is 100 Å². The van der Waals surface area contributed by atoms with Crippen molar-refractivity contribution < 1.29 is 14.3 Å². The predicted molar refractivity (Wildman–Crippen MR) is 133 cm³/mol. The third-order valence-electron chi connectivity index (χ3n) is 5.32. The molecule has 4 rings (SSSR count). The SMILES string of the molecule is Cc1cccc([PH](=O)O)c1Cc1cccc(C(=O)Nc2cc(-c3cccs3)ccc2N)c1. The molecular weight excluding hydrogens is 439 g/mol. The number of nitrogen functional groups attached to an aromatic ring is 1. The molecule has 1 atom stereocenters. The zero-order chi connectivity index (χ0) is 22.7. The van der Waals surface area contributed by atoms with Crippen LogP contribution < -0.4 is 16.4 Å². The molecule has 0 bridgehead atoms. The van der Waals surface area contributed by atoms with E-state index in [1.165, 1.54) is 0 Å². The molecule has 0 fully saturated rings.